The lowest BCUT2D eigenvalue weighted by molar-refractivity contribution is -0.387. The highest BCUT2D eigenvalue weighted by molar-refractivity contribution is 5.36. The molecule has 0 aromatic heterocycles. The molecule has 1 aromatic carbocycles. The second-order valence-electron chi connectivity index (χ2n) is 4.51. The maximum Gasteiger partial charge on any atom is 0.305 e. The number of benzene rings is 1. The highest BCUT2D eigenvalue weighted by Crippen LogP contribution is 2.22. The average molecular weight is 254 g/mol. The van der Waals surface area contributed by atoms with Crippen LogP contribution in [0.15, 0.2) is 18.2 Å². The van der Waals surface area contributed by atoms with Crippen LogP contribution in [-0.4, -0.2) is 34.1 Å². The minimum Gasteiger partial charge on any atom is -0.393 e. The van der Waals surface area contributed by atoms with Crippen molar-refractivity contribution in [2.45, 2.75) is 25.5 Å². The van der Waals surface area contributed by atoms with Gasteiger partial charge in [-0.2, -0.15) is 4.39 Å². The van der Waals surface area contributed by atoms with Crippen molar-refractivity contribution in [3.63, 3.8) is 0 Å². The fraction of sp³-hybridized carbons (Fsp3) is 0.500. The fourth-order valence-electron chi connectivity index (χ4n) is 2.15. The first-order valence-corrected chi connectivity index (χ1v) is 5.90. The maximum absolute atomic E-state index is 13.8. The molecule has 0 radical (unpaired) electrons. The van der Waals surface area contributed by atoms with E-state index in [1.807, 2.05) is 4.90 Å². The maximum atomic E-state index is 13.8. The largest absolute Gasteiger partial charge is 0.393 e. The Labute approximate surface area is 104 Å². The number of likely N-dealkylation sites (tertiary alicyclic amines) is 1. The summed E-state index contributed by atoms with van der Waals surface area (Å²) in [6.45, 7) is 1.72. The molecule has 0 atom stereocenters. The van der Waals surface area contributed by atoms with E-state index in [0.29, 0.717) is 38.0 Å². The minimum absolute atomic E-state index is 0.281. The van der Waals surface area contributed by atoms with Crippen molar-refractivity contribution in [2.24, 2.45) is 0 Å². The standard InChI is InChI=1S/C12H15FN2O3/c13-12-9(2-1-3-11(12)15(17)18)8-14-6-4-10(16)5-7-14/h1-3,10,16H,4-8H2. The van der Waals surface area contributed by atoms with E-state index in [2.05, 4.69) is 0 Å². The Morgan fingerprint density at radius 3 is 2.72 bits per heavy atom. The van der Waals surface area contributed by atoms with Crippen LogP contribution in [0.2, 0.25) is 0 Å². The summed E-state index contributed by atoms with van der Waals surface area (Å²) in [6.07, 6.45) is 1.05. The van der Waals surface area contributed by atoms with E-state index in [1.165, 1.54) is 12.1 Å². The summed E-state index contributed by atoms with van der Waals surface area (Å²) < 4.78 is 13.8. The lowest BCUT2D eigenvalue weighted by Crippen LogP contribution is -2.35. The van der Waals surface area contributed by atoms with Crippen molar-refractivity contribution in [3.8, 4) is 0 Å². The van der Waals surface area contributed by atoms with Crippen molar-refractivity contribution in [1.82, 2.24) is 4.90 Å². The van der Waals surface area contributed by atoms with Crippen LogP contribution in [0.1, 0.15) is 18.4 Å². The molecule has 1 N–H and O–H groups in total. The fourth-order valence-corrected chi connectivity index (χ4v) is 2.15. The van der Waals surface area contributed by atoms with Crippen LogP contribution in [0.3, 0.4) is 0 Å². The van der Waals surface area contributed by atoms with Gasteiger partial charge in [-0.15, -0.1) is 0 Å². The SMILES string of the molecule is O=[N+]([O-])c1cccc(CN2CCC(O)CC2)c1F. The molecule has 5 nitrogen and oxygen atoms in total. The van der Waals surface area contributed by atoms with Crippen molar-refractivity contribution in [1.29, 1.82) is 0 Å². The van der Waals surface area contributed by atoms with E-state index in [9.17, 15) is 19.6 Å². The first-order valence-electron chi connectivity index (χ1n) is 5.90. The van der Waals surface area contributed by atoms with Crippen LogP contribution in [0.4, 0.5) is 10.1 Å². The van der Waals surface area contributed by atoms with Gasteiger partial charge in [0.2, 0.25) is 5.82 Å². The van der Waals surface area contributed by atoms with Gasteiger partial charge in [0.15, 0.2) is 0 Å². The number of piperidine rings is 1. The number of aliphatic hydroxyl groups is 1. The molecule has 18 heavy (non-hydrogen) atoms. The van der Waals surface area contributed by atoms with Crippen molar-refractivity contribution < 1.29 is 14.4 Å². The number of nitro groups is 1. The third kappa shape index (κ3) is 2.83. The van der Waals surface area contributed by atoms with Gasteiger partial charge >= 0.3 is 5.69 Å². The third-order valence-electron chi connectivity index (χ3n) is 3.21. The second-order valence-corrected chi connectivity index (χ2v) is 4.51. The molecule has 0 bridgehead atoms. The summed E-state index contributed by atoms with van der Waals surface area (Å²) in [5.41, 5.74) is -0.148. The van der Waals surface area contributed by atoms with Gasteiger partial charge in [0.1, 0.15) is 0 Å². The number of hydrogen-bond donors (Lipinski definition) is 1. The summed E-state index contributed by atoms with van der Waals surface area (Å²) in [6, 6.07) is 4.22. The summed E-state index contributed by atoms with van der Waals surface area (Å²) in [5.74, 6) is -0.756. The molecule has 6 heteroatoms. The van der Waals surface area contributed by atoms with Crippen LogP contribution in [-0.2, 0) is 6.54 Å². The van der Waals surface area contributed by atoms with E-state index >= 15 is 0 Å². The zero-order chi connectivity index (χ0) is 13.1. The highest BCUT2D eigenvalue weighted by Gasteiger charge is 2.21. The summed E-state index contributed by atoms with van der Waals surface area (Å²) in [7, 11) is 0. The minimum atomic E-state index is -0.756. The molecule has 1 saturated heterocycles. The zero-order valence-corrected chi connectivity index (χ0v) is 9.88. The van der Waals surface area contributed by atoms with Gasteiger partial charge in [-0.05, 0) is 12.8 Å². The van der Waals surface area contributed by atoms with E-state index in [4.69, 9.17) is 0 Å². The van der Waals surface area contributed by atoms with E-state index in [0.717, 1.165) is 0 Å². The van der Waals surface area contributed by atoms with Crippen molar-refractivity contribution >= 4 is 5.69 Å². The first kappa shape index (κ1) is 12.9. The van der Waals surface area contributed by atoms with Crippen molar-refractivity contribution in [3.05, 3.63) is 39.7 Å². The van der Waals surface area contributed by atoms with Gasteiger partial charge < -0.3 is 5.11 Å². The summed E-state index contributed by atoms with van der Waals surface area (Å²) in [4.78, 5) is 11.9. The Hall–Kier alpha value is -1.53. The van der Waals surface area contributed by atoms with Crippen LogP contribution in [0.5, 0.6) is 0 Å². The van der Waals surface area contributed by atoms with Gasteiger partial charge in [-0.3, -0.25) is 15.0 Å². The van der Waals surface area contributed by atoms with Crippen LogP contribution >= 0.6 is 0 Å². The number of nitrogens with zero attached hydrogens (tertiary/aromatic N) is 2. The molecule has 0 amide bonds. The summed E-state index contributed by atoms with van der Waals surface area (Å²) in [5, 5.41) is 20.0. The lowest BCUT2D eigenvalue weighted by Gasteiger charge is -2.29. The summed E-state index contributed by atoms with van der Waals surface area (Å²) >= 11 is 0. The highest BCUT2D eigenvalue weighted by atomic mass is 19.1. The van der Waals surface area contributed by atoms with E-state index in [-0.39, 0.29) is 6.10 Å². The van der Waals surface area contributed by atoms with Gasteiger partial charge in [-0.1, -0.05) is 12.1 Å². The first-order chi connectivity index (χ1) is 8.58. The Kier molecular flexibility index (Phi) is 3.88. The van der Waals surface area contributed by atoms with E-state index in [1.54, 1.807) is 6.07 Å². The molecule has 0 aliphatic carbocycles. The van der Waals surface area contributed by atoms with Crippen LogP contribution < -0.4 is 0 Å². The molecule has 2 rings (SSSR count). The molecular weight excluding hydrogens is 239 g/mol. The normalized spacial score (nSPS) is 17.9. The number of halogens is 1. The molecule has 1 aliphatic rings. The Morgan fingerprint density at radius 1 is 1.44 bits per heavy atom. The molecule has 1 aromatic rings. The quantitative estimate of drug-likeness (QED) is 0.658. The van der Waals surface area contributed by atoms with E-state index < -0.39 is 16.4 Å². The number of hydrogen-bond acceptors (Lipinski definition) is 4. The Balaban J connectivity index is 2.10. The molecule has 1 aliphatic heterocycles. The smallest absolute Gasteiger partial charge is 0.305 e. The molecule has 0 unspecified atom stereocenters. The lowest BCUT2D eigenvalue weighted by atomic mass is 10.1. The van der Waals surface area contributed by atoms with Crippen LogP contribution in [0, 0.1) is 15.9 Å². The van der Waals surface area contributed by atoms with Crippen molar-refractivity contribution in [2.75, 3.05) is 13.1 Å². The zero-order valence-electron chi connectivity index (χ0n) is 9.88. The molecular formula is C12H15FN2O3. The monoisotopic (exact) mass is 254 g/mol. The third-order valence-corrected chi connectivity index (χ3v) is 3.21. The number of rotatable bonds is 3. The average Bonchev–Trinajstić information content (AvgIpc) is 2.34. The van der Waals surface area contributed by atoms with Gasteiger partial charge in [-0.25, -0.2) is 0 Å². The molecule has 1 fully saturated rings. The molecule has 98 valence electrons. The number of nitro benzene ring substituents is 1. The predicted molar refractivity (Wildman–Crippen MR) is 63.6 cm³/mol. The Bertz CT molecular complexity index is 445. The second kappa shape index (κ2) is 5.41. The molecule has 1 heterocycles. The number of aliphatic hydroxyl groups excluding tert-OH is 1. The van der Waals surface area contributed by atoms with Gasteiger partial charge in [0.25, 0.3) is 0 Å². The molecule has 0 spiro atoms. The van der Waals surface area contributed by atoms with Gasteiger partial charge in [0.05, 0.1) is 11.0 Å². The van der Waals surface area contributed by atoms with Crippen LogP contribution in [0.25, 0.3) is 0 Å². The predicted octanol–water partition coefficient (Wildman–Crippen LogP) is 1.69. The van der Waals surface area contributed by atoms with Gasteiger partial charge in [0, 0.05) is 31.3 Å². The molecule has 0 saturated carbocycles. The topological polar surface area (TPSA) is 66.6 Å². The Morgan fingerprint density at radius 2 is 2.11 bits per heavy atom.